The number of carbonyl (C=O) groups is 3. The lowest BCUT2D eigenvalue weighted by Crippen LogP contribution is -2.51. The van der Waals surface area contributed by atoms with Crippen LogP contribution in [0.5, 0.6) is 0 Å². The Labute approximate surface area is 219 Å². The normalized spacial score (nSPS) is 24.4. The Balaban J connectivity index is 0.00000320. The van der Waals surface area contributed by atoms with Crippen LogP contribution in [0.1, 0.15) is 59.4 Å². The number of likely N-dealkylation sites (tertiary alicyclic amines) is 1. The van der Waals surface area contributed by atoms with Crippen molar-refractivity contribution in [1.29, 1.82) is 0 Å². The summed E-state index contributed by atoms with van der Waals surface area (Å²) in [7, 11) is 0. The van der Waals surface area contributed by atoms with E-state index in [9.17, 15) is 14.4 Å². The van der Waals surface area contributed by atoms with E-state index in [4.69, 9.17) is 4.74 Å². The van der Waals surface area contributed by atoms with Crippen LogP contribution in [0.4, 0.5) is 10.5 Å². The molecule has 36 heavy (non-hydrogen) atoms. The minimum atomic E-state index is -0.315. The highest BCUT2D eigenvalue weighted by Gasteiger charge is 2.52. The molecule has 0 radical (unpaired) electrons. The fourth-order valence-electron chi connectivity index (χ4n) is 5.89. The maximum absolute atomic E-state index is 13.4. The highest BCUT2D eigenvalue weighted by molar-refractivity contribution is 8.02. The lowest BCUT2D eigenvalue weighted by molar-refractivity contribution is -0.139. The van der Waals surface area contributed by atoms with Crippen molar-refractivity contribution in [3.8, 4) is 0 Å². The maximum Gasteiger partial charge on any atom is 0.322 e. The predicted octanol–water partition coefficient (Wildman–Crippen LogP) is 4.16. The third kappa shape index (κ3) is 5.09. The van der Waals surface area contributed by atoms with Gasteiger partial charge in [-0.1, -0.05) is 32.0 Å². The number of carbonyl (C=O) groups excluding carboxylic acids is 3. The van der Waals surface area contributed by atoms with Crippen LogP contribution in [0, 0.1) is 5.92 Å². The summed E-state index contributed by atoms with van der Waals surface area (Å²) >= 11 is 1.70. The lowest BCUT2D eigenvalue weighted by atomic mass is 10.0. The smallest absolute Gasteiger partial charge is 0.322 e. The van der Waals surface area contributed by atoms with E-state index in [0.29, 0.717) is 38.8 Å². The zero-order valence-corrected chi connectivity index (χ0v) is 22.2. The molecule has 4 amide bonds. The van der Waals surface area contributed by atoms with E-state index in [1.54, 1.807) is 11.8 Å². The van der Waals surface area contributed by atoms with Gasteiger partial charge in [-0.25, -0.2) is 4.79 Å². The number of rotatable bonds is 6. The number of thioether (sulfide) groups is 1. The monoisotopic (exact) mass is 516 g/mol. The Morgan fingerprint density at radius 3 is 2.64 bits per heavy atom. The van der Waals surface area contributed by atoms with Gasteiger partial charge in [-0.05, 0) is 36.8 Å². The molecular weight excluding hydrogens is 476 g/mol. The standard InChI is InChI=1S/C27H38N4O4S.H2/c1-19(2)7-14-31-25(33)23(36-27(31)10-15-35-16-11-27)17-24(32)29-12-8-21(9-13-29)30-18-20-5-3-4-6-22(20)28-26(30)34;/h3-6,19,21,23H,7-18H2,1-2H3,(H,28,34);1H. The Morgan fingerprint density at radius 2 is 1.92 bits per heavy atom. The number of amides is 4. The quantitative estimate of drug-likeness (QED) is 0.614. The number of nitrogens with one attached hydrogen (secondary N) is 1. The Morgan fingerprint density at radius 1 is 1.19 bits per heavy atom. The number of nitrogens with zero attached hydrogens (tertiary/aromatic N) is 3. The molecule has 3 saturated heterocycles. The molecule has 8 nitrogen and oxygen atoms in total. The van der Waals surface area contributed by atoms with Crippen molar-refractivity contribution in [2.24, 2.45) is 5.92 Å². The molecular formula is C27H40N4O4S. The van der Waals surface area contributed by atoms with Crippen LogP contribution in [0.3, 0.4) is 0 Å². The minimum absolute atomic E-state index is 0. The number of piperidine rings is 1. The minimum Gasteiger partial charge on any atom is -0.381 e. The van der Waals surface area contributed by atoms with Gasteiger partial charge in [-0.3, -0.25) is 9.59 Å². The van der Waals surface area contributed by atoms with Crippen LogP contribution in [-0.4, -0.2) is 81.6 Å². The SMILES string of the molecule is CC(C)CCN1C(=O)C(CC(=O)N2CCC(N3Cc4ccccc4NC3=O)CC2)SC12CCOCC2.[HH]. The van der Waals surface area contributed by atoms with Gasteiger partial charge >= 0.3 is 6.03 Å². The third-order valence-electron chi connectivity index (χ3n) is 8.08. The van der Waals surface area contributed by atoms with Gasteiger partial charge in [0.15, 0.2) is 0 Å². The van der Waals surface area contributed by atoms with Gasteiger partial charge in [-0.15, -0.1) is 11.8 Å². The molecule has 1 atom stereocenters. The molecule has 1 aromatic carbocycles. The number of fused-ring (bicyclic) bond motifs is 1. The molecule has 5 rings (SSSR count). The number of para-hydroxylation sites is 1. The molecule has 3 fully saturated rings. The Kier molecular flexibility index (Phi) is 7.49. The molecule has 1 N–H and O–H groups in total. The van der Waals surface area contributed by atoms with E-state index in [2.05, 4.69) is 24.1 Å². The summed E-state index contributed by atoms with van der Waals surface area (Å²) in [4.78, 5) is 45.1. The zero-order chi connectivity index (χ0) is 25.3. The van der Waals surface area contributed by atoms with Gasteiger partial charge in [0.1, 0.15) is 0 Å². The second kappa shape index (κ2) is 10.6. The molecule has 1 aromatic rings. The summed E-state index contributed by atoms with van der Waals surface area (Å²) in [5, 5.41) is 2.68. The number of benzene rings is 1. The largest absolute Gasteiger partial charge is 0.381 e. The molecule has 4 aliphatic heterocycles. The van der Waals surface area contributed by atoms with Crippen LogP contribution in [-0.2, 0) is 20.9 Å². The van der Waals surface area contributed by atoms with E-state index in [-0.39, 0.29) is 41.9 Å². The van der Waals surface area contributed by atoms with Gasteiger partial charge in [0.2, 0.25) is 11.8 Å². The average Bonchev–Trinajstić information content (AvgIpc) is 3.12. The maximum atomic E-state index is 13.4. The van der Waals surface area contributed by atoms with Gasteiger partial charge in [0, 0.05) is 71.8 Å². The first-order chi connectivity index (χ1) is 17.4. The second-order valence-corrected chi connectivity index (χ2v) is 12.4. The topological polar surface area (TPSA) is 82.2 Å². The molecule has 4 aliphatic rings. The van der Waals surface area contributed by atoms with Crippen molar-refractivity contribution in [3.63, 3.8) is 0 Å². The van der Waals surface area contributed by atoms with Gasteiger partial charge in [0.05, 0.1) is 10.1 Å². The molecule has 0 saturated carbocycles. The van der Waals surface area contributed by atoms with Crippen molar-refractivity contribution in [2.45, 2.75) is 75.1 Å². The third-order valence-corrected chi connectivity index (χ3v) is 9.80. The number of ether oxygens (including phenoxy) is 1. The van der Waals surface area contributed by atoms with E-state index >= 15 is 0 Å². The number of hydrogen-bond donors (Lipinski definition) is 1. The summed E-state index contributed by atoms with van der Waals surface area (Å²) in [6.45, 7) is 8.30. The first-order valence-electron chi connectivity index (χ1n) is 13.4. The average molecular weight is 517 g/mol. The summed E-state index contributed by atoms with van der Waals surface area (Å²) < 4.78 is 5.61. The van der Waals surface area contributed by atoms with Crippen LogP contribution >= 0.6 is 11.8 Å². The summed E-state index contributed by atoms with van der Waals surface area (Å²) in [5.74, 6) is 0.701. The van der Waals surface area contributed by atoms with Gasteiger partial charge < -0.3 is 24.8 Å². The van der Waals surface area contributed by atoms with Crippen molar-refractivity contribution in [2.75, 3.05) is 38.2 Å². The molecule has 0 aromatic heterocycles. The van der Waals surface area contributed by atoms with E-state index in [1.807, 2.05) is 34.1 Å². The molecule has 0 bridgehead atoms. The second-order valence-electron chi connectivity index (χ2n) is 10.9. The molecule has 0 aliphatic carbocycles. The van der Waals surface area contributed by atoms with Crippen LogP contribution in [0.2, 0.25) is 0 Å². The Hall–Kier alpha value is -2.26. The summed E-state index contributed by atoms with van der Waals surface area (Å²) in [5.41, 5.74) is 2.01. The fraction of sp³-hybridized carbons (Fsp3) is 0.667. The van der Waals surface area contributed by atoms with Crippen LogP contribution in [0.15, 0.2) is 24.3 Å². The number of anilines is 1. The van der Waals surface area contributed by atoms with Gasteiger partial charge in [-0.2, -0.15) is 0 Å². The van der Waals surface area contributed by atoms with Crippen molar-refractivity contribution >= 4 is 35.3 Å². The van der Waals surface area contributed by atoms with Crippen LogP contribution in [0.25, 0.3) is 0 Å². The van der Waals surface area contributed by atoms with Crippen molar-refractivity contribution in [1.82, 2.24) is 14.7 Å². The van der Waals surface area contributed by atoms with Crippen molar-refractivity contribution < 1.29 is 20.5 Å². The predicted molar refractivity (Wildman–Crippen MR) is 143 cm³/mol. The Bertz CT molecular complexity index is 994. The summed E-state index contributed by atoms with van der Waals surface area (Å²) in [6.07, 6.45) is 4.41. The highest BCUT2D eigenvalue weighted by Crippen LogP contribution is 2.49. The zero-order valence-electron chi connectivity index (χ0n) is 21.4. The van der Waals surface area contributed by atoms with Crippen molar-refractivity contribution in [3.05, 3.63) is 29.8 Å². The summed E-state index contributed by atoms with van der Waals surface area (Å²) in [6, 6.07) is 7.96. The molecule has 198 valence electrons. The van der Waals surface area contributed by atoms with E-state index < -0.39 is 0 Å². The first kappa shape index (κ1) is 25.4. The van der Waals surface area contributed by atoms with Crippen LogP contribution < -0.4 is 5.32 Å². The first-order valence-corrected chi connectivity index (χ1v) is 14.2. The number of urea groups is 1. The van der Waals surface area contributed by atoms with E-state index in [1.165, 1.54) is 0 Å². The lowest BCUT2D eigenvalue weighted by Gasteiger charge is -2.41. The molecule has 4 heterocycles. The molecule has 1 unspecified atom stereocenters. The molecule has 9 heteroatoms. The fourth-order valence-corrected chi connectivity index (χ4v) is 7.59. The molecule has 1 spiro atoms. The van der Waals surface area contributed by atoms with Gasteiger partial charge in [0.25, 0.3) is 0 Å². The number of hydrogen-bond acceptors (Lipinski definition) is 5. The van der Waals surface area contributed by atoms with E-state index in [0.717, 1.165) is 49.9 Å². The highest BCUT2D eigenvalue weighted by atomic mass is 32.2.